The molecule has 17 rings (SSSR count). The lowest BCUT2D eigenvalue weighted by molar-refractivity contribution is 0.589. The Labute approximate surface area is 487 Å². The van der Waals surface area contributed by atoms with Gasteiger partial charge in [0.05, 0.1) is 16.5 Å². The summed E-state index contributed by atoms with van der Waals surface area (Å²) >= 11 is 2.08. The largest absolute Gasteiger partial charge is 0.311 e. The van der Waals surface area contributed by atoms with E-state index in [0.717, 1.165) is 0 Å². The zero-order chi connectivity index (χ0) is 55.6. The number of benzene rings is 10. The van der Waals surface area contributed by atoms with Crippen LogP contribution >= 0.6 is 11.3 Å². The highest BCUT2D eigenvalue weighted by molar-refractivity contribution is 7.30. The van der Waals surface area contributed by atoms with E-state index >= 15 is 0 Å². The Balaban J connectivity index is 0.996. The van der Waals surface area contributed by atoms with E-state index in [2.05, 4.69) is 302 Å². The molecule has 82 heavy (non-hydrogen) atoms. The molecule has 4 heteroatoms. The van der Waals surface area contributed by atoms with Crippen LogP contribution in [0.2, 0.25) is 0 Å². The molecule has 0 unspecified atom stereocenters. The minimum atomic E-state index is -0.484. The molecule has 0 atom stereocenters. The molecule has 0 amide bonds. The second-order valence-corrected chi connectivity index (χ2v) is 28.2. The monoisotopic (exact) mass is 1070 g/mol. The van der Waals surface area contributed by atoms with Crippen LogP contribution in [-0.2, 0) is 27.1 Å². The van der Waals surface area contributed by atoms with Crippen molar-refractivity contribution in [3.8, 4) is 44.5 Å². The minimum absolute atomic E-state index is 0.00517. The second kappa shape index (κ2) is 16.2. The van der Waals surface area contributed by atoms with Crippen molar-refractivity contribution in [2.24, 2.45) is 0 Å². The highest BCUT2D eigenvalue weighted by atomic mass is 32.1. The van der Waals surface area contributed by atoms with Gasteiger partial charge in [0.1, 0.15) is 0 Å². The van der Waals surface area contributed by atoms with Gasteiger partial charge in [-0.05, 0) is 164 Å². The summed E-state index contributed by atoms with van der Waals surface area (Å²) in [5, 5.41) is 0. The lowest BCUT2D eigenvalue weighted by Crippen LogP contribution is -2.60. The van der Waals surface area contributed by atoms with Crippen molar-refractivity contribution >= 4 is 67.9 Å². The SMILES string of the molecule is CC(C)(C)c1ccc(N2c3cc(C(C)(C)C)cc4c3B(c3ccc(C(C)(C)C)cc3N4c3ccc4c(c3)C3(c5ccccc5-c5ccccc53)c3ccccc3-4)c3sc4c(c32)-c2ccccc2C42c3ccccc3-c3ccccc32)cc1. The third-order valence-corrected chi connectivity index (χ3v) is 21.1. The van der Waals surface area contributed by atoms with Gasteiger partial charge in [-0.2, -0.15) is 0 Å². The Hall–Kier alpha value is -8.44. The van der Waals surface area contributed by atoms with Crippen molar-refractivity contribution in [3.63, 3.8) is 0 Å². The first kappa shape index (κ1) is 48.3. The van der Waals surface area contributed by atoms with E-state index < -0.39 is 10.8 Å². The standard InChI is InChI=1S/C78H63BN2S/c1-74(2,3)46-34-37-49(38-35-46)81-68-44-48(76(7,8)9)43-67-70(68)79(73-71(81)69-57-27-15-21-33-63(57)78(72(69)82-73)61-31-19-13-24-53(61)54-25-14-20-32-62(54)78)65-41-36-47(75(4,5)6)42-66(65)80(67)50-39-40-56-55-26-12-18-30-60(55)77(64(56)45-50)58-28-16-10-22-51(58)52-23-11-17-29-59(52)77/h10-45H,1-9H3. The lowest BCUT2D eigenvalue weighted by Gasteiger charge is -2.45. The number of hydrogen-bond donors (Lipinski definition) is 0. The van der Waals surface area contributed by atoms with Gasteiger partial charge in [-0.25, -0.2) is 0 Å². The summed E-state index contributed by atoms with van der Waals surface area (Å²) in [6.45, 7) is 21.2. The number of hydrogen-bond acceptors (Lipinski definition) is 3. The third-order valence-electron chi connectivity index (χ3n) is 19.7. The van der Waals surface area contributed by atoms with Gasteiger partial charge in [0.2, 0.25) is 0 Å². The second-order valence-electron chi connectivity index (χ2n) is 27.1. The number of anilines is 6. The van der Waals surface area contributed by atoms with Crippen molar-refractivity contribution in [1.29, 1.82) is 0 Å². The number of fused-ring (bicyclic) bond motifs is 25. The molecule has 0 bridgehead atoms. The van der Waals surface area contributed by atoms with Crippen molar-refractivity contribution in [3.05, 3.63) is 279 Å². The molecule has 394 valence electrons. The molecule has 2 nitrogen and oxygen atoms in total. The molecule has 0 radical (unpaired) electrons. The maximum atomic E-state index is 2.72. The smallest absolute Gasteiger partial charge is 0.264 e. The summed E-state index contributed by atoms with van der Waals surface area (Å²) in [6.07, 6.45) is 0. The molecule has 2 aliphatic heterocycles. The normalized spacial score (nSPS) is 15.5. The van der Waals surface area contributed by atoms with Gasteiger partial charge in [0, 0.05) is 43.7 Å². The fourth-order valence-electron chi connectivity index (χ4n) is 16.0. The van der Waals surface area contributed by atoms with Crippen LogP contribution in [0.1, 0.15) is 123 Å². The first-order valence-electron chi connectivity index (χ1n) is 29.5. The maximum absolute atomic E-state index is 2.72. The summed E-state index contributed by atoms with van der Waals surface area (Å²) < 4.78 is 1.41. The fraction of sp³-hybridized carbons (Fsp3) is 0.179. The molecule has 4 aliphatic carbocycles. The quantitative estimate of drug-likeness (QED) is 0.159. The van der Waals surface area contributed by atoms with E-state index in [1.165, 1.54) is 155 Å². The zero-order valence-corrected chi connectivity index (χ0v) is 49.0. The van der Waals surface area contributed by atoms with Gasteiger partial charge >= 0.3 is 0 Å². The van der Waals surface area contributed by atoms with Gasteiger partial charge in [-0.1, -0.05) is 238 Å². The van der Waals surface area contributed by atoms with Crippen LogP contribution in [0.4, 0.5) is 34.1 Å². The van der Waals surface area contributed by atoms with E-state index in [0.29, 0.717) is 0 Å². The van der Waals surface area contributed by atoms with Gasteiger partial charge in [-0.15, -0.1) is 11.3 Å². The van der Waals surface area contributed by atoms with Crippen molar-refractivity contribution in [2.45, 2.75) is 89.4 Å². The Bertz CT molecular complexity index is 4500. The Kier molecular flexibility index (Phi) is 9.53. The van der Waals surface area contributed by atoms with E-state index in [1.807, 2.05) is 0 Å². The highest BCUT2D eigenvalue weighted by Gasteiger charge is 2.58. The summed E-state index contributed by atoms with van der Waals surface area (Å²) in [4.78, 5) is 6.85. The molecule has 0 saturated heterocycles. The van der Waals surface area contributed by atoms with Crippen LogP contribution in [0, 0.1) is 0 Å². The zero-order valence-electron chi connectivity index (χ0n) is 48.2. The predicted molar refractivity (Wildman–Crippen MR) is 347 cm³/mol. The number of thiophene rings is 1. The molecular weight excluding hydrogens is 1010 g/mol. The van der Waals surface area contributed by atoms with Crippen LogP contribution in [-0.4, -0.2) is 6.71 Å². The topological polar surface area (TPSA) is 6.48 Å². The van der Waals surface area contributed by atoms with E-state index in [-0.39, 0.29) is 23.0 Å². The third kappa shape index (κ3) is 6.01. The van der Waals surface area contributed by atoms with Gasteiger partial charge in [-0.3, -0.25) is 0 Å². The highest BCUT2D eigenvalue weighted by Crippen LogP contribution is 2.68. The van der Waals surface area contributed by atoms with Crippen molar-refractivity contribution in [1.82, 2.24) is 0 Å². The van der Waals surface area contributed by atoms with Crippen LogP contribution in [0.5, 0.6) is 0 Å². The molecule has 2 spiro atoms. The molecule has 0 N–H and O–H groups in total. The molecule has 6 aliphatic rings. The molecule has 3 heterocycles. The first-order valence-corrected chi connectivity index (χ1v) is 30.3. The van der Waals surface area contributed by atoms with Crippen molar-refractivity contribution < 1.29 is 0 Å². The lowest BCUT2D eigenvalue weighted by atomic mass is 9.36. The summed E-state index contributed by atoms with van der Waals surface area (Å²) in [5.41, 5.74) is 33.1. The number of rotatable bonds is 2. The Morgan fingerprint density at radius 1 is 0.341 bits per heavy atom. The van der Waals surface area contributed by atoms with Crippen LogP contribution in [0.15, 0.2) is 218 Å². The summed E-state index contributed by atoms with van der Waals surface area (Å²) in [6, 6.07) is 85.4. The van der Waals surface area contributed by atoms with Gasteiger partial charge < -0.3 is 9.80 Å². The molecule has 11 aromatic rings. The average Bonchev–Trinajstić information content (AvgIpc) is 1.70. The molecule has 1 aromatic heterocycles. The molecule has 10 aromatic carbocycles. The van der Waals surface area contributed by atoms with Gasteiger partial charge in [0.25, 0.3) is 6.71 Å². The molecule has 0 fully saturated rings. The average molecular weight is 1070 g/mol. The predicted octanol–water partition coefficient (Wildman–Crippen LogP) is 18.4. The van der Waals surface area contributed by atoms with Gasteiger partial charge in [0.15, 0.2) is 0 Å². The van der Waals surface area contributed by atoms with E-state index in [1.54, 1.807) is 0 Å². The minimum Gasteiger partial charge on any atom is -0.311 e. The van der Waals surface area contributed by atoms with E-state index in [4.69, 9.17) is 0 Å². The van der Waals surface area contributed by atoms with E-state index in [9.17, 15) is 0 Å². The summed E-state index contributed by atoms with van der Waals surface area (Å²) in [5.74, 6) is 0. The first-order chi connectivity index (χ1) is 39.6. The fourth-order valence-corrected chi connectivity index (χ4v) is 17.7. The van der Waals surface area contributed by atoms with Crippen LogP contribution in [0.3, 0.4) is 0 Å². The molecule has 0 saturated carbocycles. The maximum Gasteiger partial charge on any atom is 0.264 e. The number of nitrogens with zero attached hydrogens (tertiary/aromatic N) is 2. The Morgan fingerprint density at radius 2 is 0.744 bits per heavy atom. The summed E-state index contributed by atoms with van der Waals surface area (Å²) in [7, 11) is 0. The van der Waals surface area contributed by atoms with Crippen LogP contribution in [0.25, 0.3) is 44.5 Å². The molecular formula is C78H63BN2S. The van der Waals surface area contributed by atoms with Crippen LogP contribution < -0.4 is 25.5 Å². The Morgan fingerprint density at radius 3 is 1.24 bits per heavy atom. The van der Waals surface area contributed by atoms with Crippen molar-refractivity contribution in [2.75, 3.05) is 9.80 Å².